The molecule has 0 saturated carbocycles. The summed E-state index contributed by atoms with van der Waals surface area (Å²) in [5.41, 5.74) is -5.12. The van der Waals surface area contributed by atoms with Crippen molar-refractivity contribution in [3.63, 3.8) is 0 Å². The second-order valence-electron chi connectivity index (χ2n) is 9.61. The fourth-order valence-electron chi connectivity index (χ4n) is 4.01. The Morgan fingerprint density at radius 2 is 1.82 bits per heavy atom. The first-order valence-electron chi connectivity index (χ1n) is 11.8. The van der Waals surface area contributed by atoms with Gasteiger partial charge in [-0.3, -0.25) is 9.59 Å². The zero-order chi connectivity index (χ0) is 29.6. The van der Waals surface area contributed by atoms with Crippen molar-refractivity contribution in [3.8, 4) is 22.7 Å². The maximum atomic E-state index is 14.6. The predicted octanol–water partition coefficient (Wildman–Crippen LogP) is 5.13. The van der Waals surface area contributed by atoms with E-state index in [0.29, 0.717) is 6.07 Å². The molecule has 0 bridgehead atoms. The Morgan fingerprint density at radius 3 is 2.42 bits per heavy atom. The molecular formula is C25H22F7N5O3. The molecule has 0 spiro atoms. The minimum atomic E-state index is -4.94. The monoisotopic (exact) mass is 573 g/mol. The number of nitrogens with one attached hydrogen (secondary N) is 2. The van der Waals surface area contributed by atoms with Crippen molar-refractivity contribution < 1.29 is 45.1 Å². The fraction of sp³-hybridized carbons (Fsp3) is 0.360. The number of pyridine rings is 1. The van der Waals surface area contributed by atoms with Crippen LogP contribution in [0.3, 0.4) is 0 Å². The normalized spacial score (nSPS) is 18.0. The van der Waals surface area contributed by atoms with Gasteiger partial charge in [-0.05, 0) is 38.1 Å². The average Bonchev–Trinajstić information content (AvgIpc) is 3.40. The number of benzene rings is 1. The Kier molecular flexibility index (Phi) is 7.28. The number of amides is 2. The van der Waals surface area contributed by atoms with E-state index >= 15 is 0 Å². The molecule has 40 heavy (non-hydrogen) atoms. The van der Waals surface area contributed by atoms with E-state index in [0.717, 1.165) is 49.0 Å². The lowest BCUT2D eigenvalue weighted by Crippen LogP contribution is -2.44. The van der Waals surface area contributed by atoms with Gasteiger partial charge >= 0.3 is 12.4 Å². The lowest BCUT2D eigenvalue weighted by atomic mass is 9.97. The minimum Gasteiger partial charge on any atom is -0.478 e. The van der Waals surface area contributed by atoms with Gasteiger partial charge in [-0.25, -0.2) is 14.1 Å². The standard InChI is InChI=1S/C25H22F7N5O3/c1-12-16(11-34-21(12)38)22(39)35-19-10-18(37(36-19)17-5-4-6-33-20(17)24(27,28)29)13-7-14(26)9-15(8-13)40-23(2,3)25(30,31)32/h4-10,12,16H,11H2,1-3H3,(H,34,38)(H,35,36,39)/t12-,16+/m1/s1. The van der Waals surface area contributed by atoms with Crippen molar-refractivity contribution in [3.05, 3.63) is 54.1 Å². The van der Waals surface area contributed by atoms with Crippen LogP contribution in [0.1, 0.15) is 26.5 Å². The zero-order valence-electron chi connectivity index (χ0n) is 21.1. The van der Waals surface area contributed by atoms with Crippen LogP contribution >= 0.6 is 0 Å². The van der Waals surface area contributed by atoms with Gasteiger partial charge in [0.25, 0.3) is 0 Å². The lowest BCUT2D eigenvalue weighted by Gasteiger charge is -2.29. The van der Waals surface area contributed by atoms with Crippen LogP contribution in [-0.4, -0.2) is 44.9 Å². The maximum absolute atomic E-state index is 14.6. The summed E-state index contributed by atoms with van der Waals surface area (Å²) in [4.78, 5) is 28.0. The van der Waals surface area contributed by atoms with Crippen molar-refractivity contribution >= 4 is 17.6 Å². The first-order valence-corrected chi connectivity index (χ1v) is 11.8. The van der Waals surface area contributed by atoms with E-state index in [1.165, 1.54) is 13.0 Å². The van der Waals surface area contributed by atoms with Crippen LogP contribution in [-0.2, 0) is 15.8 Å². The van der Waals surface area contributed by atoms with Crippen LogP contribution in [0.5, 0.6) is 5.75 Å². The quantitative estimate of drug-likeness (QED) is 0.399. The lowest BCUT2D eigenvalue weighted by molar-refractivity contribution is -0.234. The molecule has 8 nitrogen and oxygen atoms in total. The highest BCUT2D eigenvalue weighted by Gasteiger charge is 2.50. The van der Waals surface area contributed by atoms with Crippen LogP contribution in [0.15, 0.2) is 42.6 Å². The number of aromatic nitrogens is 3. The number of hydrogen-bond donors (Lipinski definition) is 2. The average molecular weight is 573 g/mol. The number of carbonyl (C=O) groups excluding carboxylic acids is 2. The SMILES string of the molecule is C[C@H]1C(=O)NC[C@@H]1C(=O)Nc1cc(-c2cc(F)cc(OC(C)(C)C(F)(F)F)c2)n(-c2cccnc2C(F)(F)F)n1. The van der Waals surface area contributed by atoms with Gasteiger partial charge in [0.2, 0.25) is 11.8 Å². The molecule has 4 rings (SSSR count). The highest BCUT2D eigenvalue weighted by Crippen LogP contribution is 2.38. The first-order chi connectivity index (χ1) is 18.5. The Hall–Kier alpha value is -4.17. The molecule has 1 aromatic carbocycles. The fourth-order valence-corrected chi connectivity index (χ4v) is 4.01. The summed E-state index contributed by atoms with van der Waals surface area (Å²) in [6.45, 7) is 3.01. The largest absolute Gasteiger partial charge is 0.478 e. The molecule has 3 aromatic rings. The highest BCUT2D eigenvalue weighted by atomic mass is 19.4. The molecular weight excluding hydrogens is 551 g/mol. The van der Waals surface area contributed by atoms with Gasteiger partial charge in [0.1, 0.15) is 11.6 Å². The highest BCUT2D eigenvalue weighted by molar-refractivity contribution is 5.98. The Bertz CT molecular complexity index is 1450. The summed E-state index contributed by atoms with van der Waals surface area (Å²) in [5, 5.41) is 9.02. The van der Waals surface area contributed by atoms with Gasteiger partial charge in [0.05, 0.1) is 17.3 Å². The summed E-state index contributed by atoms with van der Waals surface area (Å²) < 4.78 is 102. The van der Waals surface area contributed by atoms with E-state index < -0.39 is 58.6 Å². The zero-order valence-corrected chi connectivity index (χ0v) is 21.1. The van der Waals surface area contributed by atoms with Gasteiger partial charge in [0, 0.05) is 36.4 Å². The number of ether oxygens (including phenoxy) is 1. The summed E-state index contributed by atoms with van der Waals surface area (Å²) in [6.07, 6.45) is -8.87. The third-order valence-corrected chi connectivity index (χ3v) is 6.32. The van der Waals surface area contributed by atoms with Crippen LogP contribution in [0, 0.1) is 17.7 Å². The van der Waals surface area contributed by atoms with E-state index in [1.54, 1.807) is 0 Å². The van der Waals surface area contributed by atoms with Crippen LogP contribution < -0.4 is 15.4 Å². The predicted molar refractivity (Wildman–Crippen MR) is 127 cm³/mol. The Labute approximate surface area is 222 Å². The molecule has 15 heteroatoms. The van der Waals surface area contributed by atoms with E-state index in [-0.39, 0.29) is 29.5 Å². The van der Waals surface area contributed by atoms with Crippen molar-refractivity contribution in [2.45, 2.75) is 38.7 Å². The number of hydrogen-bond acceptors (Lipinski definition) is 5. The minimum absolute atomic E-state index is 0.0276. The molecule has 2 amide bonds. The molecule has 214 valence electrons. The maximum Gasteiger partial charge on any atom is 0.435 e. The van der Waals surface area contributed by atoms with Gasteiger partial charge < -0.3 is 15.4 Å². The number of nitrogens with zero attached hydrogens (tertiary/aromatic N) is 3. The molecule has 1 saturated heterocycles. The summed E-state index contributed by atoms with van der Waals surface area (Å²) in [5.74, 6) is -4.35. The van der Waals surface area contributed by atoms with Gasteiger partial charge in [-0.15, -0.1) is 5.10 Å². The molecule has 2 atom stereocenters. The third-order valence-electron chi connectivity index (χ3n) is 6.32. The number of carbonyl (C=O) groups is 2. The topological polar surface area (TPSA) is 98.1 Å². The summed E-state index contributed by atoms with van der Waals surface area (Å²) >= 11 is 0. The third kappa shape index (κ3) is 5.72. The summed E-state index contributed by atoms with van der Waals surface area (Å²) in [7, 11) is 0. The molecule has 0 radical (unpaired) electrons. The molecule has 2 N–H and O–H groups in total. The van der Waals surface area contributed by atoms with Gasteiger partial charge in [0.15, 0.2) is 17.1 Å². The molecule has 1 aliphatic heterocycles. The molecule has 0 aliphatic carbocycles. The summed E-state index contributed by atoms with van der Waals surface area (Å²) in [6, 6.07) is 5.89. The molecule has 2 aromatic heterocycles. The van der Waals surface area contributed by atoms with Crippen LogP contribution in [0.4, 0.5) is 36.6 Å². The Balaban J connectivity index is 1.83. The molecule has 1 aliphatic rings. The van der Waals surface area contributed by atoms with E-state index in [1.807, 2.05) is 0 Å². The number of rotatable bonds is 6. The van der Waals surface area contributed by atoms with Crippen molar-refractivity contribution in [2.24, 2.45) is 11.8 Å². The van der Waals surface area contributed by atoms with Crippen molar-refractivity contribution in [1.82, 2.24) is 20.1 Å². The number of halogens is 7. The second kappa shape index (κ2) is 10.1. The van der Waals surface area contributed by atoms with Crippen molar-refractivity contribution in [2.75, 3.05) is 11.9 Å². The van der Waals surface area contributed by atoms with Gasteiger partial charge in [-0.1, -0.05) is 6.92 Å². The van der Waals surface area contributed by atoms with E-state index in [9.17, 15) is 40.3 Å². The van der Waals surface area contributed by atoms with E-state index in [2.05, 4.69) is 20.7 Å². The molecule has 3 heterocycles. The number of anilines is 1. The Morgan fingerprint density at radius 1 is 1.12 bits per heavy atom. The number of alkyl halides is 6. The van der Waals surface area contributed by atoms with Crippen molar-refractivity contribution in [1.29, 1.82) is 0 Å². The van der Waals surface area contributed by atoms with Crippen LogP contribution in [0.25, 0.3) is 16.9 Å². The smallest absolute Gasteiger partial charge is 0.435 e. The molecule has 0 unspecified atom stereocenters. The van der Waals surface area contributed by atoms with Gasteiger partial charge in [-0.2, -0.15) is 26.3 Å². The second-order valence-corrected chi connectivity index (χ2v) is 9.61. The van der Waals surface area contributed by atoms with E-state index in [4.69, 9.17) is 4.74 Å². The first kappa shape index (κ1) is 28.8. The molecule has 1 fully saturated rings. The van der Waals surface area contributed by atoms with Crippen LogP contribution in [0.2, 0.25) is 0 Å².